The SMILES string of the molecule is Cc1ccc(F)cc1C(=O)N1CCC2(CC1)CC(c1ccccc1)CN2C. The van der Waals surface area contributed by atoms with Gasteiger partial charge in [-0.1, -0.05) is 36.4 Å². The van der Waals surface area contributed by atoms with Crippen molar-refractivity contribution in [3.05, 3.63) is 71.0 Å². The quantitative estimate of drug-likeness (QED) is 0.794. The lowest BCUT2D eigenvalue weighted by Crippen LogP contribution is -2.52. The molecule has 0 aliphatic carbocycles. The van der Waals surface area contributed by atoms with E-state index < -0.39 is 0 Å². The molecule has 2 aromatic rings. The van der Waals surface area contributed by atoms with Crippen LogP contribution in [0.1, 0.15) is 46.7 Å². The third kappa shape index (κ3) is 3.39. The number of likely N-dealkylation sites (N-methyl/N-ethyl adjacent to an activating group) is 1. The van der Waals surface area contributed by atoms with Crippen molar-refractivity contribution in [1.82, 2.24) is 9.80 Å². The number of hydrogen-bond acceptors (Lipinski definition) is 2. The summed E-state index contributed by atoms with van der Waals surface area (Å²) in [5.41, 5.74) is 2.92. The molecule has 0 radical (unpaired) electrons. The van der Waals surface area contributed by atoms with E-state index in [1.807, 2.05) is 11.8 Å². The highest BCUT2D eigenvalue weighted by molar-refractivity contribution is 5.95. The van der Waals surface area contributed by atoms with Crippen molar-refractivity contribution in [2.45, 2.75) is 37.6 Å². The average molecular weight is 366 g/mol. The Balaban J connectivity index is 1.45. The van der Waals surface area contributed by atoms with Gasteiger partial charge in [-0.3, -0.25) is 9.69 Å². The highest BCUT2D eigenvalue weighted by Gasteiger charge is 2.46. The predicted octanol–water partition coefficient (Wildman–Crippen LogP) is 4.23. The van der Waals surface area contributed by atoms with Crippen LogP contribution in [-0.4, -0.2) is 47.9 Å². The largest absolute Gasteiger partial charge is 0.338 e. The Hall–Kier alpha value is -2.20. The molecule has 1 unspecified atom stereocenters. The number of amides is 1. The number of hydrogen-bond donors (Lipinski definition) is 0. The van der Waals surface area contributed by atoms with Gasteiger partial charge in [0.15, 0.2) is 0 Å². The van der Waals surface area contributed by atoms with Crippen LogP contribution in [0.25, 0.3) is 0 Å². The Morgan fingerprint density at radius 2 is 1.81 bits per heavy atom. The summed E-state index contributed by atoms with van der Waals surface area (Å²) in [7, 11) is 2.22. The number of carbonyl (C=O) groups is 1. The summed E-state index contributed by atoms with van der Waals surface area (Å²) in [4.78, 5) is 17.3. The van der Waals surface area contributed by atoms with Gasteiger partial charge in [0.1, 0.15) is 5.82 Å². The van der Waals surface area contributed by atoms with Crippen LogP contribution in [0.3, 0.4) is 0 Å². The summed E-state index contributed by atoms with van der Waals surface area (Å²) in [6.07, 6.45) is 3.11. The van der Waals surface area contributed by atoms with Crippen LogP contribution in [0, 0.1) is 12.7 Å². The number of likely N-dealkylation sites (tertiary alicyclic amines) is 2. The molecule has 2 heterocycles. The smallest absolute Gasteiger partial charge is 0.254 e. The molecular weight excluding hydrogens is 339 g/mol. The lowest BCUT2D eigenvalue weighted by Gasteiger charge is -2.43. The van der Waals surface area contributed by atoms with Gasteiger partial charge in [-0.15, -0.1) is 0 Å². The van der Waals surface area contributed by atoms with Gasteiger partial charge in [-0.05, 0) is 62.4 Å². The zero-order valence-corrected chi connectivity index (χ0v) is 16.1. The maximum Gasteiger partial charge on any atom is 0.254 e. The molecule has 4 rings (SSSR count). The molecule has 1 spiro atoms. The minimum Gasteiger partial charge on any atom is -0.338 e. The van der Waals surface area contributed by atoms with Crippen LogP contribution in [0.4, 0.5) is 4.39 Å². The lowest BCUT2D eigenvalue weighted by molar-refractivity contribution is 0.0491. The Morgan fingerprint density at radius 1 is 1.11 bits per heavy atom. The van der Waals surface area contributed by atoms with Crippen molar-refractivity contribution in [2.75, 3.05) is 26.7 Å². The van der Waals surface area contributed by atoms with Crippen molar-refractivity contribution in [3.63, 3.8) is 0 Å². The summed E-state index contributed by atoms with van der Waals surface area (Å²) in [6, 6.07) is 15.2. The van der Waals surface area contributed by atoms with E-state index in [2.05, 4.69) is 42.3 Å². The van der Waals surface area contributed by atoms with Crippen molar-refractivity contribution >= 4 is 5.91 Å². The first kappa shape index (κ1) is 18.2. The second kappa shape index (κ2) is 7.08. The van der Waals surface area contributed by atoms with E-state index in [4.69, 9.17) is 0 Å². The predicted molar refractivity (Wildman–Crippen MR) is 105 cm³/mol. The number of aryl methyl sites for hydroxylation is 1. The first-order chi connectivity index (χ1) is 13.0. The molecule has 0 aromatic heterocycles. The molecule has 3 nitrogen and oxygen atoms in total. The monoisotopic (exact) mass is 366 g/mol. The topological polar surface area (TPSA) is 23.6 Å². The van der Waals surface area contributed by atoms with Crippen LogP contribution in [0.5, 0.6) is 0 Å². The molecule has 27 heavy (non-hydrogen) atoms. The van der Waals surface area contributed by atoms with Crippen molar-refractivity contribution in [3.8, 4) is 0 Å². The summed E-state index contributed by atoms with van der Waals surface area (Å²) < 4.78 is 13.6. The van der Waals surface area contributed by atoms with Gasteiger partial charge in [0.2, 0.25) is 0 Å². The van der Waals surface area contributed by atoms with E-state index in [0.717, 1.165) is 44.5 Å². The van der Waals surface area contributed by atoms with E-state index in [1.165, 1.54) is 17.7 Å². The van der Waals surface area contributed by atoms with Crippen LogP contribution in [-0.2, 0) is 0 Å². The molecule has 1 amide bonds. The second-order valence-corrected chi connectivity index (χ2v) is 8.17. The van der Waals surface area contributed by atoms with Gasteiger partial charge in [-0.25, -0.2) is 4.39 Å². The number of carbonyl (C=O) groups excluding carboxylic acids is 1. The highest BCUT2D eigenvalue weighted by atomic mass is 19.1. The average Bonchev–Trinajstić information content (AvgIpc) is 3.00. The maximum absolute atomic E-state index is 13.6. The third-order valence-electron chi connectivity index (χ3n) is 6.61. The van der Waals surface area contributed by atoms with Gasteiger partial charge in [0, 0.05) is 30.7 Å². The number of benzene rings is 2. The lowest BCUT2D eigenvalue weighted by atomic mass is 9.81. The Labute approximate surface area is 160 Å². The fourth-order valence-corrected chi connectivity index (χ4v) is 4.86. The zero-order chi connectivity index (χ0) is 19.0. The van der Waals surface area contributed by atoms with Gasteiger partial charge in [-0.2, -0.15) is 0 Å². The number of halogens is 1. The molecule has 0 saturated carbocycles. The third-order valence-corrected chi connectivity index (χ3v) is 6.61. The Kier molecular flexibility index (Phi) is 4.77. The molecule has 0 bridgehead atoms. The number of nitrogens with zero attached hydrogens (tertiary/aromatic N) is 2. The van der Waals surface area contributed by atoms with Gasteiger partial charge < -0.3 is 4.90 Å². The van der Waals surface area contributed by atoms with Gasteiger partial charge in [0.25, 0.3) is 5.91 Å². The van der Waals surface area contributed by atoms with Gasteiger partial charge >= 0.3 is 0 Å². The summed E-state index contributed by atoms with van der Waals surface area (Å²) in [5.74, 6) is 0.171. The fraction of sp³-hybridized carbons (Fsp3) is 0.435. The summed E-state index contributed by atoms with van der Waals surface area (Å²) in [6.45, 7) is 4.41. The fourth-order valence-electron chi connectivity index (χ4n) is 4.86. The Bertz CT molecular complexity index is 828. The molecule has 2 aromatic carbocycles. The molecule has 2 saturated heterocycles. The van der Waals surface area contributed by atoms with E-state index in [-0.39, 0.29) is 17.3 Å². The van der Waals surface area contributed by atoms with E-state index in [0.29, 0.717) is 11.5 Å². The van der Waals surface area contributed by atoms with E-state index >= 15 is 0 Å². The van der Waals surface area contributed by atoms with Crippen molar-refractivity contribution in [2.24, 2.45) is 0 Å². The molecule has 1 atom stereocenters. The summed E-state index contributed by atoms with van der Waals surface area (Å²) >= 11 is 0. The van der Waals surface area contributed by atoms with Crippen molar-refractivity contribution in [1.29, 1.82) is 0 Å². The molecule has 2 aliphatic rings. The molecule has 2 aliphatic heterocycles. The molecular formula is C23H27FN2O. The van der Waals surface area contributed by atoms with E-state index in [9.17, 15) is 9.18 Å². The summed E-state index contributed by atoms with van der Waals surface area (Å²) in [5, 5.41) is 0. The minimum absolute atomic E-state index is 0.0397. The normalized spacial score (nSPS) is 22.3. The van der Waals surface area contributed by atoms with Crippen LogP contribution < -0.4 is 0 Å². The van der Waals surface area contributed by atoms with Crippen LogP contribution >= 0.6 is 0 Å². The van der Waals surface area contributed by atoms with E-state index in [1.54, 1.807) is 6.07 Å². The highest BCUT2D eigenvalue weighted by Crippen LogP contribution is 2.44. The number of piperidine rings is 1. The second-order valence-electron chi connectivity index (χ2n) is 8.17. The minimum atomic E-state index is -0.348. The standard InChI is InChI=1S/C23H27FN2O/c1-17-8-9-20(24)14-21(17)22(27)26-12-10-23(11-13-26)15-19(16-25(23)2)18-6-4-3-5-7-18/h3-9,14,19H,10-13,15-16H2,1-2H3. The zero-order valence-electron chi connectivity index (χ0n) is 16.1. The molecule has 0 N–H and O–H groups in total. The van der Waals surface area contributed by atoms with Crippen LogP contribution in [0.15, 0.2) is 48.5 Å². The van der Waals surface area contributed by atoms with Gasteiger partial charge in [0.05, 0.1) is 0 Å². The number of rotatable bonds is 2. The first-order valence-corrected chi connectivity index (χ1v) is 9.80. The first-order valence-electron chi connectivity index (χ1n) is 9.80. The maximum atomic E-state index is 13.6. The molecule has 142 valence electrons. The molecule has 2 fully saturated rings. The van der Waals surface area contributed by atoms with Crippen LogP contribution in [0.2, 0.25) is 0 Å². The Morgan fingerprint density at radius 3 is 2.52 bits per heavy atom. The molecule has 4 heteroatoms. The van der Waals surface area contributed by atoms with Crippen molar-refractivity contribution < 1.29 is 9.18 Å².